The third kappa shape index (κ3) is 5.85. The number of anilines is 1. The van der Waals surface area contributed by atoms with Gasteiger partial charge >= 0.3 is 0 Å². The van der Waals surface area contributed by atoms with Crippen molar-refractivity contribution in [3.05, 3.63) is 72.3 Å². The lowest BCUT2D eigenvalue weighted by atomic mass is 10.0. The molecule has 0 saturated heterocycles. The van der Waals surface area contributed by atoms with Crippen LogP contribution in [0.1, 0.15) is 31.9 Å². The first-order chi connectivity index (χ1) is 19.4. The molecule has 208 valence electrons. The third-order valence-corrected chi connectivity index (χ3v) is 6.71. The summed E-state index contributed by atoms with van der Waals surface area (Å²) >= 11 is 0. The van der Waals surface area contributed by atoms with Gasteiger partial charge in [-0.3, -0.25) is 14.5 Å². The fourth-order valence-electron chi connectivity index (χ4n) is 4.67. The smallest absolute Gasteiger partial charge is 0.249 e. The van der Waals surface area contributed by atoms with Crippen molar-refractivity contribution in [2.24, 2.45) is 5.92 Å². The summed E-state index contributed by atoms with van der Waals surface area (Å²) in [6.45, 7) is 5.38. The van der Waals surface area contributed by atoms with Crippen LogP contribution in [-0.2, 0) is 16.1 Å². The number of aromatic nitrogens is 3. The second-order valence-corrected chi connectivity index (χ2v) is 9.98. The van der Waals surface area contributed by atoms with Crippen LogP contribution in [-0.4, -0.2) is 53.7 Å². The molecule has 1 aliphatic rings. The Morgan fingerprint density at radius 2 is 1.82 bits per heavy atom. The topological polar surface area (TPSA) is 108 Å². The largest absolute Gasteiger partial charge is 0.497 e. The zero-order valence-corrected chi connectivity index (χ0v) is 22.9. The van der Waals surface area contributed by atoms with Gasteiger partial charge in [-0.25, -0.2) is 4.68 Å². The van der Waals surface area contributed by atoms with E-state index in [4.69, 9.17) is 14.2 Å². The van der Waals surface area contributed by atoms with Crippen molar-refractivity contribution >= 4 is 28.5 Å². The molecule has 2 heterocycles. The summed E-state index contributed by atoms with van der Waals surface area (Å²) in [7, 11) is 1.57. The molecule has 10 nitrogen and oxygen atoms in total. The van der Waals surface area contributed by atoms with E-state index in [1.165, 1.54) is 4.90 Å². The van der Waals surface area contributed by atoms with Crippen molar-refractivity contribution in [2.45, 2.75) is 32.9 Å². The number of fused-ring (bicyclic) bond motifs is 2. The summed E-state index contributed by atoms with van der Waals surface area (Å²) < 4.78 is 18.5. The Morgan fingerprint density at radius 3 is 2.62 bits per heavy atom. The summed E-state index contributed by atoms with van der Waals surface area (Å²) in [6.07, 6.45) is 0.805. The highest BCUT2D eigenvalue weighted by Gasteiger charge is 2.34. The van der Waals surface area contributed by atoms with E-state index >= 15 is 0 Å². The first-order valence-corrected chi connectivity index (χ1v) is 13.4. The number of methoxy groups -OCH3 is 1. The van der Waals surface area contributed by atoms with Crippen LogP contribution in [0.2, 0.25) is 0 Å². The normalized spacial score (nSPS) is 13.2. The van der Waals surface area contributed by atoms with Gasteiger partial charge < -0.3 is 19.5 Å². The van der Waals surface area contributed by atoms with E-state index in [0.717, 1.165) is 11.9 Å². The number of rotatable bonds is 10. The number of hydrogen-bond acceptors (Lipinski definition) is 7. The molecule has 2 amide bonds. The van der Waals surface area contributed by atoms with Gasteiger partial charge in [0.15, 0.2) is 11.5 Å². The molecule has 0 fully saturated rings. The maximum Gasteiger partial charge on any atom is 0.249 e. The molecule has 0 radical (unpaired) electrons. The average molecular weight is 544 g/mol. The number of nitrogens with one attached hydrogen (secondary N) is 1. The molecule has 1 aromatic heterocycles. The minimum absolute atomic E-state index is 0.130. The van der Waals surface area contributed by atoms with Crippen LogP contribution in [0.15, 0.2) is 66.7 Å². The Hall–Kier alpha value is -4.60. The first-order valence-electron chi connectivity index (χ1n) is 13.4. The molecule has 5 rings (SSSR count). The van der Waals surface area contributed by atoms with Gasteiger partial charge in [0, 0.05) is 18.3 Å². The number of carbonyl (C=O) groups excluding carboxylic acids is 2. The van der Waals surface area contributed by atoms with Gasteiger partial charge in [-0.15, -0.1) is 5.10 Å². The second-order valence-electron chi connectivity index (χ2n) is 9.98. The molecule has 0 unspecified atom stereocenters. The van der Waals surface area contributed by atoms with E-state index in [1.54, 1.807) is 48.2 Å². The van der Waals surface area contributed by atoms with Crippen molar-refractivity contribution < 1.29 is 23.8 Å². The van der Waals surface area contributed by atoms with Gasteiger partial charge in [-0.2, -0.15) is 0 Å². The highest BCUT2D eigenvalue weighted by atomic mass is 16.6. The molecule has 0 bridgehead atoms. The molecule has 1 aliphatic heterocycles. The fraction of sp³-hybridized carbons (Fsp3) is 0.333. The van der Waals surface area contributed by atoms with Crippen LogP contribution in [0, 0.1) is 5.92 Å². The van der Waals surface area contributed by atoms with Crippen molar-refractivity contribution in [3.8, 4) is 17.2 Å². The molecule has 10 heteroatoms. The summed E-state index contributed by atoms with van der Waals surface area (Å²) in [5.74, 6) is 1.43. The van der Waals surface area contributed by atoms with E-state index in [-0.39, 0.29) is 18.4 Å². The summed E-state index contributed by atoms with van der Waals surface area (Å²) in [5.41, 5.74) is 2.49. The maximum atomic E-state index is 14.2. The molecule has 1 N–H and O–H groups in total. The van der Waals surface area contributed by atoms with Gasteiger partial charge in [0.2, 0.25) is 11.8 Å². The monoisotopic (exact) mass is 543 g/mol. The first kappa shape index (κ1) is 27.0. The van der Waals surface area contributed by atoms with Crippen molar-refractivity contribution in [1.29, 1.82) is 0 Å². The predicted octanol–water partition coefficient (Wildman–Crippen LogP) is 4.15. The highest BCUT2D eigenvalue weighted by molar-refractivity contribution is 6.01. The zero-order valence-electron chi connectivity index (χ0n) is 22.9. The number of amides is 2. The molecule has 1 atom stereocenters. The van der Waals surface area contributed by atoms with E-state index in [0.29, 0.717) is 59.7 Å². The molecule has 4 aromatic rings. The standard InChI is InChI=1S/C30H33N5O5/c1-20(2)13-14-31-30(37)29(21-7-6-8-23(17-21)38-3)35(22-11-12-26-27(18-22)40-16-15-39-26)28(36)19-34-25-10-5-4-9-24(25)32-33-34/h4-12,17-18,20,29H,13-16,19H2,1-3H3,(H,31,37)/t29-/m0/s1. The number of benzene rings is 3. The van der Waals surface area contributed by atoms with Gasteiger partial charge in [-0.1, -0.05) is 43.3 Å². The summed E-state index contributed by atoms with van der Waals surface area (Å²) in [5, 5.41) is 11.4. The SMILES string of the molecule is COc1cccc([C@@H](C(=O)NCCC(C)C)N(C(=O)Cn2nnc3ccccc32)c2ccc3c(c2)OCCO3)c1. The number of hydrogen-bond donors (Lipinski definition) is 1. The number of ether oxygens (including phenoxy) is 3. The molecule has 40 heavy (non-hydrogen) atoms. The maximum absolute atomic E-state index is 14.2. The van der Waals surface area contributed by atoms with Gasteiger partial charge in [0.1, 0.15) is 37.1 Å². The lowest BCUT2D eigenvalue weighted by molar-refractivity contribution is -0.127. The Balaban J connectivity index is 1.59. The van der Waals surface area contributed by atoms with Crippen LogP contribution in [0.25, 0.3) is 11.0 Å². The van der Waals surface area contributed by atoms with E-state index in [1.807, 2.05) is 30.3 Å². The quantitative estimate of drug-likeness (QED) is 0.320. The Morgan fingerprint density at radius 1 is 1.02 bits per heavy atom. The fourth-order valence-corrected chi connectivity index (χ4v) is 4.67. The number of nitrogens with zero attached hydrogens (tertiary/aromatic N) is 4. The van der Waals surface area contributed by atoms with Gasteiger partial charge in [0.25, 0.3) is 0 Å². The average Bonchev–Trinajstić information content (AvgIpc) is 3.37. The summed E-state index contributed by atoms with van der Waals surface area (Å²) in [4.78, 5) is 29.6. The molecule has 0 aliphatic carbocycles. The lowest BCUT2D eigenvalue weighted by Gasteiger charge is -2.32. The van der Waals surface area contributed by atoms with Crippen molar-refractivity contribution in [3.63, 3.8) is 0 Å². The zero-order chi connectivity index (χ0) is 28.1. The van der Waals surface area contributed by atoms with Crippen LogP contribution in [0.3, 0.4) is 0 Å². The molecule has 0 saturated carbocycles. The Kier molecular flexibility index (Phi) is 8.14. The van der Waals surface area contributed by atoms with Crippen LogP contribution in [0.4, 0.5) is 5.69 Å². The van der Waals surface area contributed by atoms with E-state index in [2.05, 4.69) is 29.5 Å². The second kappa shape index (κ2) is 12.1. The number of para-hydroxylation sites is 1. The van der Waals surface area contributed by atoms with Crippen LogP contribution >= 0.6 is 0 Å². The third-order valence-electron chi connectivity index (χ3n) is 6.71. The van der Waals surface area contributed by atoms with Crippen LogP contribution in [0.5, 0.6) is 17.2 Å². The number of carbonyl (C=O) groups is 2. The summed E-state index contributed by atoms with van der Waals surface area (Å²) in [6, 6.07) is 18.9. The van der Waals surface area contributed by atoms with Gasteiger partial charge in [-0.05, 0) is 54.3 Å². The van der Waals surface area contributed by atoms with Crippen molar-refractivity contribution in [2.75, 3.05) is 31.8 Å². The molecule has 0 spiro atoms. The van der Waals surface area contributed by atoms with Crippen LogP contribution < -0.4 is 24.4 Å². The predicted molar refractivity (Wildman–Crippen MR) is 151 cm³/mol. The van der Waals surface area contributed by atoms with E-state index < -0.39 is 6.04 Å². The highest BCUT2D eigenvalue weighted by Crippen LogP contribution is 2.37. The lowest BCUT2D eigenvalue weighted by Crippen LogP contribution is -2.45. The van der Waals surface area contributed by atoms with E-state index in [9.17, 15) is 9.59 Å². The molecular formula is C30H33N5O5. The molecule has 3 aromatic carbocycles. The Labute approximate surface area is 232 Å². The Bertz CT molecular complexity index is 1500. The molecular weight excluding hydrogens is 510 g/mol. The van der Waals surface area contributed by atoms with Gasteiger partial charge in [0.05, 0.1) is 12.6 Å². The minimum Gasteiger partial charge on any atom is -0.497 e. The minimum atomic E-state index is -0.993. The van der Waals surface area contributed by atoms with Crippen molar-refractivity contribution in [1.82, 2.24) is 20.3 Å².